The number of benzene rings is 2. The molecule has 0 aliphatic heterocycles. The summed E-state index contributed by atoms with van der Waals surface area (Å²) in [6.07, 6.45) is 1.07. The van der Waals surface area contributed by atoms with E-state index >= 15 is 0 Å². The Morgan fingerprint density at radius 2 is 1.72 bits per heavy atom. The van der Waals surface area contributed by atoms with Crippen LogP contribution >= 0.6 is 23.2 Å². The maximum absolute atomic E-state index is 12.2. The lowest BCUT2D eigenvalue weighted by molar-refractivity contribution is -0.130. The molecule has 0 aromatic heterocycles. The average molecular weight is 382 g/mol. The fraction of sp³-hybridized carbons (Fsp3) is 0.316. The monoisotopic (exact) mass is 381 g/mol. The summed E-state index contributed by atoms with van der Waals surface area (Å²) in [5, 5.41) is 1.00. The molecule has 2 rings (SSSR count). The van der Waals surface area contributed by atoms with Crippen LogP contribution in [-0.4, -0.2) is 31.6 Å². The van der Waals surface area contributed by atoms with Crippen molar-refractivity contribution < 1.29 is 14.3 Å². The third-order valence-electron chi connectivity index (χ3n) is 3.69. The highest BCUT2D eigenvalue weighted by Gasteiger charge is 2.10. The number of carbonyl (C=O) groups is 1. The van der Waals surface area contributed by atoms with Crippen molar-refractivity contribution in [1.29, 1.82) is 0 Å². The predicted molar refractivity (Wildman–Crippen MR) is 101 cm³/mol. The van der Waals surface area contributed by atoms with Crippen LogP contribution in [0.15, 0.2) is 42.5 Å². The molecule has 0 atom stereocenters. The van der Waals surface area contributed by atoms with Crippen LogP contribution in [0.1, 0.15) is 18.4 Å². The molecule has 0 aliphatic carbocycles. The molecule has 4 nitrogen and oxygen atoms in total. The molecular formula is C19H21Cl2NO3. The topological polar surface area (TPSA) is 38.8 Å². The molecular weight excluding hydrogens is 361 g/mol. The van der Waals surface area contributed by atoms with Gasteiger partial charge in [0.1, 0.15) is 11.5 Å². The Labute approximate surface area is 158 Å². The fourth-order valence-corrected chi connectivity index (χ4v) is 2.60. The molecule has 2 aromatic rings. The molecule has 0 bridgehead atoms. The number of amides is 1. The van der Waals surface area contributed by atoms with Gasteiger partial charge in [0.05, 0.1) is 23.8 Å². The summed E-state index contributed by atoms with van der Waals surface area (Å²) < 4.78 is 10.7. The highest BCUT2D eigenvalue weighted by molar-refractivity contribution is 6.42. The molecule has 2 aromatic carbocycles. The molecule has 134 valence electrons. The van der Waals surface area contributed by atoms with Gasteiger partial charge in [-0.15, -0.1) is 0 Å². The maximum Gasteiger partial charge on any atom is 0.222 e. The minimum atomic E-state index is 0.0596. The van der Waals surface area contributed by atoms with Crippen LogP contribution in [0.5, 0.6) is 11.5 Å². The number of carbonyl (C=O) groups excluding carboxylic acids is 1. The van der Waals surface area contributed by atoms with Crippen LogP contribution in [0.3, 0.4) is 0 Å². The molecule has 0 radical (unpaired) electrons. The third-order valence-corrected chi connectivity index (χ3v) is 4.43. The summed E-state index contributed by atoms with van der Waals surface area (Å²) in [5.74, 6) is 1.60. The molecule has 0 saturated carbocycles. The van der Waals surface area contributed by atoms with Gasteiger partial charge in [0, 0.05) is 20.0 Å². The lowest BCUT2D eigenvalue weighted by Gasteiger charge is -2.17. The fourth-order valence-electron chi connectivity index (χ4n) is 2.28. The van der Waals surface area contributed by atoms with Gasteiger partial charge in [-0.05, 0) is 48.4 Å². The Kier molecular flexibility index (Phi) is 7.41. The Hall–Kier alpha value is -1.91. The zero-order valence-electron chi connectivity index (χ0n) is 14.3. The zero-order chi connectivity index (χ0) is 18.2. The lowest BCUT2D eigenvalue weighted by Crippen LogP contribution is -2.26. The summed E-state index contributed by atoms with van der Waals surface area (Å²) in [6.45, 7) is 0.980. The number of ether oxygens (including phenoxy) is 2. The largest absolute Gasteiger partial charge is 0.497 e. The Morgan fingerprint density at radius 3 is 2.36 bits per heavy atom. The van der Waals surface area contributed by atoms with Crippen molar-refractivity contribution in [1.82, 2.24) is 4.90 Å². The van der Waals surface area contributed by atoms with Crippen LogP contribution < -0.4 is 9.47 Å². The summed E-state index contributed by atoms with van der Waals surface area (Å²) in [6, 6.07) is 12.7. The second kappa shape index (κ2) is 9.54. The quantitative estimate of drug-likeness (QED) is 0.615. The number of halogens is 2. The van der Waals surface area contributed by atoms with Gasteiger partial charge in [-0.2, -0.15) is 0 Å². The van der Waals surface area contributed by atoms with Crippen molar-refractivity contribution in [2.24, 2.45) is 0 Å². The Bertz CT molecular complexity index is 704. The molecule has 0 aliphatic rings. The van der Waals surface area contributed by atoms with Gasteiger partial charge in [0.15, 0.2) is 0 Å². The van der Waals surface area contributed by atoms with Gasteiger partial charge < -0.3 is 14.4 Å². The van der Waals surface area contributed by atoms with E-state index in [0.29, 0.717) is 36.0 Å². The first kappa shape index (κ1) is 19.4. The van der Waals surface area contributed by atoms with E-state index in [2.05, 4.69) is 0 Å². The van der Waals surface area contributed by atoms with Crippen LogP contribution in [0.2, 0.25) is 10.0 Å². The van der Waals surface area contributed by atoms with Gasteiger partial charge in [-0.3, -0.25) is 4.79 Å². The van der Waals surface area contributed by atoms with E-state index < -0.39 is 0 Å². The van der Waals surface area contributed by atoms with Crippen molar-refractivity contribution in [3.05, 3.63) is 58.1 Å². The number of hydrogen-bond acceptors (Lipinski definition) is 3. The van der Waals surface area contributed by atoms with Gasteiger partial charge in [0.2, 0.25) is 5.91 Å². The van der Waals surface area contributed by atoms with E-state index in [-0.39, 0.29) is 5.91 Å². The van der Waals surface area contributed by atoms with E-state index in [9.17, 15) is 4.79 Å². The van der Waals surface area contributed by atoms with Crippen molar-refractivity contribution in [2.75, 3.05) is 20.8 Å². The van der Waals surface area contributed by atoms with Gasteiger partial charge >= 0.3 is 0 Å². The molecule has 0 saturated heterocycles. The number of nitrogens with zero attached hydrogens (tertiary/aromatic N) is 1. The smallest absolute Gasteiger partial charge is 0.222 e. The maximum atomic E-state index is 12.2. The first-order valence-corrected chi connectivity index (χ1v) is 8.70. The number of hydrogen-bond donors (Lipinski definition) is 0. The average Bonchev–Trinajstić information content (AvgIpc) is 2.62. The van der Waals surface area contributed by atoms with Crippen LogP contribution in [0.4, 0.5) is 0 Å². The number of methoxy groups -OCH3 is 1. The van der Waals surface area contributed by atoms with Crippen LogP contribution in [0, 0.1) is 0 Å². The summed E-state index contributed by atoms with van der Waals surface area (Å²) in [5.41, 5.74) is 0.944. The first-order valence-electron chi connectivity index (χ1n) is 7.94. The molecule has 0 N–H and O–H groups in total. The minimum Gasteiger partial charge on any atom is -0.497 e. The molecule has 0 spiro atoms. The SMILES string of the molecule is COc1ccc(OCCCC(=O)N(C)Cc2ccc(Cl)c(Cl)c2)cc1. The lowest BCUT2D eigenvalue weighted by atomic mass is 10.2. The van der Waals surface area contributed by atoms with Crippen LogP contribution in [-0.2, 0) is 11.3 Å². The second-order valence-electron chi connectivity index (χ2n) is 5.63. The van der Waals surface area contributed by atoms with E-state index in [1.165, 1.54) is 0 Å². The van der Waals surface area contributed by atoms with E-state index in [1.807, 2.05) is 30.3 Å². The van der Waals surface area contributed by atoms with E-state index in [4.69, 9.17) is 32.7 Å². The van der Waals surface area contributed by atoms with Gasteiger partial charge in [0.25, 0.3) is 0 Å². The first-order chi connectivity index (χ1) is 12.0. The van der Waals surface area contributed by atoms with Crippen molar-refractivity contribution in [2.45, 2.75) is 19.4 Å². The predicted octanol–water partition coefficient (Wildman–Crippen LogP) is 4.82. The zero-order valence-corrected chi connectivity index (χ0v) is 15.8. The molecule has 6 heteroatoms. The highest BCUT2D eigenvalue weighted by atomic mass is 35.5. The molecule has 25 heavy (non-hydrogen) atoms. The summed E-state index contributed by atoms with van der Waals surface area (Å²) in [4.78, 5) is 13.9. The standard InChI is InChI=1S/C19H21Cl2NO3/c1-22(13-14-5-10-17(20)18(21)12-14)19(23)4-3-11-25-16-8-6-15(24-2)7-9-16/h5-10,12H,3-4,11,13H2,1-2H3. The Balaban J connectivity index is 1.72. The molecule has 0 unspecified atom stereocenters. The molecule has 0 fully saturated rings. The van der Waals surface area contributed by atoms with Crippen molar-refractivity contribution >= 4 is 29.1 Å². The highest BCUT2D eigenvalue weighted by Crippen LogP contribution is 2.23. The third kappa shape index (κ3) is 6.15. The summed E-state index contributed by atoms with van der Waals surface area (Å²) in [7, 11) is 3.39. The normalized spacial score (nSPS) is 10.4. The van der Waals surface area contributed by atoms with Gasteiger partial charge in [-0.1, -0.05) is 29.3 Å². The van der Waals surface area contributed by atoms with Crippen molar-refractivity contribution in [3.8, 4) is 11.5 Å². The van der Waals surface area contributed by atoms with Crippen molar-refractivity contribution in [3.63, 3.8) is 0 Å². The second-order valence-corrected chi connectivity index (χ2v) is 6.44. The minimum absolute atomic E-state index is 0.0596. The molecule has 0 heterocycles. The Morgan fingerprint density at radius 1 is 1.04 bits per heavy atom. The van der Waals surface area contributed by atoms with Gasteiger partial charge in [-0.25, -0.2) is 0 Å². The van der Waals surface area contributed by atoms with E-state index in [0.717, 1.165) is 17.1 Å². The number of rotatable bonds is 8. The molecule has 1 amide bonds. The van der Waals surface area contributed by atoms with E-state index in [1.54, 1.807) is 31.2 Å². The summed E-state index contributed by atoms with van der Waals surface area (Å²) >= 11 is 11.9. The van der Waals surface area contributed by atoms with Crippen LogP contribution in [0.25, 0.3) is 0 Å².